The lowest BCUT2D eigenvalue weighted by Crippen LogP contribution is -2.21. The van der Waals surface area contributed by atoms with Gasteiger partial charge >= 0.3 is 0 Å². The Morgan fingerprint density at radius 1 is 1.08 bits per heavy atom. The first-order valence-electron chi connectivity index (χ1n) is 9.11. The minimum Gasteiger partial charge on any atom is -0.372 e. The Bertz CT molecular complexity index is 979. The fourth-order valence-electron chi connectivity index (χ4n) is 3.13. The second-order valence-electron chi connectivity index (χ2n) is 6.24. The molecule has 3 rings (SSSR count). The van der Waals surface area contributed by atoms with E-state index in [0.717, 1.165) is 40.3 Å². The Hall–Kier alpha value is -2.40. The lowest BCUT2D eigenvalue weighted by atomic mass is 10.2. The van der Waals surface area contributed by atoms with Crippen molar-refractivity contribution in [2.75, 3.05) is 18.0 Å². The lowest BCUT2D eigenvalue weighted by molar-refractivity contribution is 0.0998. The highest BCUT2D eigenvalue weighted by Gasteiger charge is 2.09. The van der Waals surface area contributed by atoms with Gasteiger partial charge in [0.25, 0.3) is 5.91 Å². The molecule has 0 bridgehead atoms. The summed E-state index contributed by atoms with van der Waals surface area (Å²) in [5.41, 5.74) is 4.10. The molecule has 0 fully saturated rings. The summed E-state index contributed by atoms with van der Waals surface area (Å²) in [5.74, 6) is -0.193. The molecular weight excluding hydrogens is 342 g/mol. The van der Waals surface area contributed by atoms with Crippen LogP contribution in [0.1, 0.15) is 36.7 Å². The van der Waals surface area contributed by atoms with Crippen LogP contribution in [0.3, 0.4) is 0 Å². The third kappa shape index (κ3) is 3.58. The Balaban J connectivity index is 1.97. The van der Waals surface area contributed by atoms with Gasteiger partial charge in [-0.3, -0.25) is 4.79 Å². The Morgan fingerprint density at radius 2 is 1.77 bits per heavy atom. The van der Waals surface area contributed by atoms with Crippen LogP contribution < -0.4 is 9.70 Å². The van der Waals surface area contributed by atoms with Gasteiger partial charge in [-0.15, -0.1) is 0 Å². The summed E-state index contributed by atoms with van der Waals surface area (Å²) in [6.45, 7) is 11.1. The molecule has 136 valence electrons. The Labute approximate surface area is 158 Å². The van der Waals surface area contributed by atoms with Gasteiger partial charge in [0.15, 0.2) is 4.80 Å². The van der Waals surface area contributed by atoms with Crippen molar-refractivity contribution in [1.29, 1.82) is 0 Å². The van der Waals surface area contributed by atoms with Crippen LogP contribution in [-0.4, -0.2) is 23.6 Å². The van der Waals surface area contributed by atoms with Gasteiger partial charge in [0.05, 0.1) is 10.2 Å². The second kappa shape index (κ2) is 7.87. The summed E-state index contributed by atoms with van der Waals surface area (Å²) in [6.07, 6.45) is 0. The quantitative estimate of drug-likeness (QED) is 0.660. The number of amides is 1. The second-order valence-corrected chi connectivity index (χ2v) is 7.25. The number of anilines is 1. The van der Waals surface area contributed by atoms with E-state index in [2.05, 4.69) is 60.4 Å². The summed E-state index contributed by atoms with van der Waals surface area (Å²) in [7, 11) is 0. The average Bonchev–Trinajstić information content (AvgIpc) is 2.99. The summed E-state index contributed by atoms with van der Waals surface area (Å²) in [5, 5.41) is 0. The number of rotatable bonds is 5. The SMILES string of the molecule is CCN(CC)c1ccc(C(=O)N=c2sc3cc(C)ccc3n2CC)cc1. The highest BCUT2D eigenvalue weighted by Crippen LogP contribution is 2.19. The van der Waals surface area contributed by atoms with Crippen LogP contribution in [0, 0.1) is 6.92 Å². The topological polar surface area (TPSA) is 37.6 Å². The van der Waals surface area contributed by atoms with E-state index < -0.39 is 0 Å². The highest BCUT2D eigenvalue weighted by molar-refractivity contribution is 7.16. The van der Waals surface area contributed by atoms with E-state index in [1.165, 1.54) is 5.56 Å². The number of fused-ring (bicyclic) bond motifs is 1. The number of hydrogen-bond donors (Lipinski definition) is 0. The predicted octanol–water partition coefficient (Wildman–Crippen LogP) is 4.62. The number of benzene rings is 2. The molecule has 0 aliphatic heterocycles. The number of carbonyl (C=O) groups is 1. The maximum absolute atomic E-state index is 12.7. The molecule has 0 saturated carbocycles. The molecule has 0 spiro atoms. The van der Waals surface area contributed by atoms with E-state index in [4.69, 9.17) is 0 Å². The van der Waals surface area contributed by atoms with Gasteiger partial charge in [-0.2, -0.15) is 4.99 Å². The van der Waals surface area contributed by atoms with Crippen molar-refractivity contribution in [3.05, 3.63) is 58.4 Å². The van der Waals surface area contributed by atoms with Crippen molar-refractivity contribution in [2.24, 2.45) is 4.99 Å². The normalized spacial score (nSPS) is 11.9. The Kier molecular flexibility index (Phi) is 5.57. The molecule has 4 nitrogen and oxygen atoms in total. The zero-order valence-corrected chi connectivity index (χ0v) is 16.6. The van der Waals surface area contributed by atoms with Gasteiger partial charge in [0, 0.05) is 30.9 Å². The van der Waals surface area contributed by atoms with Crippen molar-refractivity contribution in [1.82, 2.24) is 4.57 Å². The monoisotopic (exact) mass is 367 g/mol. The van der Waals surface area contributed by atoms with Crippen LogP contribution in [0.15, 0.2) is 47.5 Å². The van der Waals surface area contributed by atoms with Crippen molar-refractivity contribution < 1.29 is 4.79 Å². The standard InChI is InChI=1S/C21H25N3OS/c1-5-23(6-2)17-11-9-16(10-12-17)20(25)22-21-24(7-3)18-13-8-15(4)14-19(18)26-21/h8-14H,5-7H2,1-4H3. The Morgan fingerprint density at radius 3 is 2.38 bits per heavy atom. The summed E-state index contributed by atoms with van der Waals surface area (Å²) >= 11 is 1.57. The minimum absolute atomic E-state index is 0.193. The molecule has 0 aliphatic rings. The molecule has 0 saturated heterocycles. The van der Waals surface area contributed by atoms with Crippen LogP contribution in [0.25, 0.3) is 10.2 Å². The molecule has 0 N–H and O–H groups in total. The van der Waals surface area contributed by atoms with Crippen molar-refractivity contribution in [3.8, 4) is 0 Å². The van der Waals surface area contributed by atoms with E-state index in [-0.39, 0.29) is 5.91 Å². The number of nitrogens with zero attached hydrogens (tertiary/aromatic N) is 3. The maximum Gasteiger partial charge on any atom is 0.279 e. The van der Waals surface area contributed by atoms with Gasteiger partial charge in [0.1, 0.15) is 0 Å². The summed E-state index contributed by atoms with van der Waals surface area (Å²) < 4.78 is 3.26. The number of hydrogen-bond acceptors (Lipinski definition) is 3. The van der Waals surface area contributed by atoms with E-state index in [1.807, 2.05) is 24.3 Å². The average molecular weight is 368 g/mol. The van der Waals surface area contributed by atoms with Gasteiger partial charge in [-0.25, -0.2) is 0 Å². The molecule has 0 atom stereocenters. The molecule has 5 heteroatoms. The molecule has 26 heavy (non-hydrogen) atoms. The number of aromatic nitrogens is 1. The van der Waals surface area contributed by atoms with Gasteiger partial charge in [-0.05, 0) is 69.7 Å². The van der Waals surface area contributed by atoms with E-state index >= 15 is 0 Å². The molecule has 3 aromatic rings. The fourth-order valence-corrected chi connectivity index (χ4v) is 4.32. The van der Waals surface area contributed by atoms with Crippen LogP contribution in [0.4, 0.5) is 5.69 Å². The third-order valence-corrected chi connectivity index (χ3v) is 5.64. The summed E-state index contributed by atoms with van der Waals surface area (Å²) in [6, 6.07) is 14.1. The minimum atomic E-state index is -0.193. The van der Waals surface area contributed by atoms with Crippen molar-refractivity contribution in [2.45, 2.75) is 34.2 Å². The number of carbonyl (C=O) groups excluding carboxylic acids is 1. The molecule has 0 unspecified atom stereocenters. The molecule has 1 aromatic heterocycles. The molecule has 0 aliphatic carbocycles. The highest BCUT2D eigenvalue weighted by atomic mass is 32.1. The largest absolute Gasteiger partial charge is 0.372 e. The molecular formula is C21H25N3OS. The maximum atomic E-state index is 12.7. The lowest BCUT2D eigenvalue weighted by Gasteiger charge is -2.20. The van der Waals surface area contributed by atoms with E-state index in [0.29, 0.717) is 5.56 Å². The number of thiazole rings is 1. The fraction of sp³-hybridized carbons (Fsp3) is 0.333. The van der Waals surface area contributed by atoms with Gasteiger partial charge in [0.2, 0.25) is 0 Å². The third-order valence-electron chi connectivity index (χ3n) is 4.59. The van der Waals surface area contributed by atoms with Crippen LogP contribution in [0.5, 0.6) is 0 Å². The molecule has 1 heterocycles. The van der Waals surface area contributed by atoms with E-state index in [9.17, 15) is 4.79 Å². The first kappa shape index (κ1) is 18.4. The molecule has 0 radical (unpaired) electrons. The predicted molar refractivity (Wildman–Crippen MR) is 110 cm³/mol. The van der Waals surface area contributed by atoms with Crippen LogP contribution in [0.2, 0.25) is 0 Å². The van der Waals surface area contributed by atoms with E-state index in [1.54, 1.807) is 11.3 Å². The van der Waals surface area contributed by atoms with Gasteiger partial charge < -0.3 is 9.47 Å². The first-order valence-corrected chi connectivity index (χ1v) is 9.93. The zero-order chi connectivity index (χ0) is 18.7. The summed E-state index contributed by atoms with van der Waals surface area (Å²) in [4.78, 5) is 20.1. The zero-order valence-electron chi connectivity index (χ0n) is 15.8. The van der Waals surface area contributed by atoms with Crippen molar-refractivity contribution in [3.63, 3.8) is 0 Å². The first-order chi connectivity index (χ1) is 12.6. The van der Waals surface area contributed by atoms with Crippen molar-refractivity contribution >= 4 is 33.1 Å². The number of aryl methyl sites for hydroxylation is 2. The molecule has 1 amide bonds. The smallest absolute Gasteiger partial charge is 0.279 e. The van der Waals surface area contributed by atoms with Gasteiger partial charge in [-0.1, -0.05) is 17.4 Å². The van der Waals surface area contributed by atoms with Crippen LogP contribution in [-0.2, 0) is 6.54 Å². The van der Waals surface area contributed by atoms with Crippen LogP contribution >= 0.6 is 11.3 Å². The molecule has 2 aromatic carbocycles.